The van der Waals surface area contributed by atoms with Crippen LogP contribution in [0.3, 0.4) is 0 Å². The molecule has 1 aromatic rings. The summed E-state index contributed by atoms with van der Waals surface area (Å²) in [6, 6.07) is 10.3. The minimum absolute atomic E-state index is 0.869. The van der Waals surface area contributed by atoms with Gasteiger partial charge in [-0.05, 0) is 28.1 Å². The number of hydrogen-bond donors (Lipinski definition) is 0. The van der Waals surface area contributed by atoms with Gasteiger partial charge in [-0.3, -0.25) is 0 Å². The maximum atomic E-state index is 4.39. The molecule has 0 aliphatic carbocycles. The lowest BCUT2D eigenvalue weighted by Crippen LogP contribution is -1.99. The van der Waals surface area contributed by atoms with Crippen LogP contribution in [-0.4, -0.2) is 43.6 Å². The fourth-order valence-corrected chi connectivity index (χ4v) is 0.534. The van der Waals surface area contributed by atoms with Crippen LogP contribution < -0.4 is 0 Å². The van der Waals surface area contributed by atoms with Gasteiger partial charge in [0.25, 0.3) is 0 Å². The van der Waals surface area contributed by atoms with E-state index in [0.29, 0.717) is 0 Å². The third kappa shape index (κ3) is 22.5. The van der Waals surface area contributed by atoms with Crippen LogP contribution in [0, 0.1) is 6.92 Å². The summed E-state index contributed by atoms with van der Waals surface area (Å²) in [6.07, 6.45) is 0. The van der Waals surface area contributed by atoms with E-state index in [1.165, 1.54) is 5.56 Å². The standard InChI is InChI=1S/C7H8.C3H9N.CH6OSi/c1-7-5-3-2-4-6-7;1-4(2)3;1-2-3/h2-6H,1H3;1-3H3;1,3H3. The average molecular weight is 213 g/mol. The lowest BCUT2D eigenvalue weighted by molar-refractivity contribution is 0.460. The van der Waals surface area contributed by atoms with Gasteiger partial charge in [-0.1, -0.05) is 35.9 Å². The molecule has 0 saturated carbocycles. The Labute approximate surface area is 91.4 Å². The highest BCUT2D eigenvalue weighted by molar-refractivity contribution is 5.97. The first-order chi connectivity index (χ1) is 6.54. The molecule has 0 spiro atoms. The van der Waals surface area contributed by atoms with Crippen molar-refractivity contribution >= 4 is 10.5 Å². The molecule has 0 fully saturated rings. The van der Waals surface area contributed by atoms with Gasteiger partial charge in [0.15, 0.2) is 0 Å². The minimum atomic E-state index is 0.869. The highest BCUT2D eigenvalue weighted by atomic mass is 28.2. The van der Waals surface area contributed by atoms with Gasteiger partial charge in [-0.25, -0.2) is 0 Å². The van der Waals surface area contributed by atoms with Crippen molar-refractivity contribution in [1.82, 2.24) is 4.90 Å². The van der Waals surface area contributed by atoms with Gasteiger partial charge in [0.05, 0.1) is 0 Å². The molecule has 14 heavy (non-hydrogen) atoms. The van der Waals surface area contributed by atoms with E-state index in [4.69, 9.17) is 0 Å². The van der Waals surface area contributed by atoms with Crippen molar-refractivity contribution in [2.75, 3.05) is 28.3 Å². The molecule has 0 aromatic heterocycles. The number of aryl methyl sites for hydroxylation is 1. The molecule has 0 radical (unpaired) electrons. The fraction of sp³-hybridized carbons (Fsp3) is 0.455. The highest BCUT2D eigenvalue weighted by Crippen LogP contribution is 1.92. The van der Waals surface area contributed by atoms with E-state index in [1.54, 1.807) is 7.11 Å². The first-order valence-corrected chi connectivity index (χ1v) is 5.39. The van der Waals surface area contributed by atoms with E-state index in [-0.39, 0.29) is 0 Å². The van der Waals surface area contributed by atoms with E-state index in [1.807, 2.05) is 44.2 Å². The molecule has 0 amide bonds. The summed E-state index contributed by atoms with van der Waals surface area (Å²) in [5.41, 5.74) is 1.32. The van der Waals surface area contributed by atoms with Crippen molar-refractivity contribution < 1.29 is 4.43 Å². The third-order valence-electron chi connectivity index (χ3n) is 0.940. The second-order valence-corrected chi connectivity index (χ2v) is 4.22. The summed E-state index contributed by atoms with van der Waals surface area (Å²) in [5, 5.41) is 0. The maximum Gasteiger partial charge on any atom is 0.145 e. The summed E-state index contributed by atoms with van der Waals surface area (Å²) in [4.78, 5) is 2.00. The van der Waals surface area contributed by atoms with Crippen molar-refractivity contribution in [3.8, 4) is 0 Å². The Morgan fingerprint density at radius 3 is 1.50 bits per heavy atom. The van der Waals surface area contributed by atoms with Gasteiger partial charge in [0, 0.05) is 7.11 Å². The highest BCUT2D eigenvalue weighted by Gasteiger charge is 1.72. The van der Waals surface area contributed by atoms with Crippen LogP contribution in [0.15, 0.2) is 30.3 Å². The fourth-order valence-electron chi connectivity index (χ4n) is 0.534. The summed E-state index contributed by atoms with van der Waals surface area (Å²) < 4.78 is 4.39. The molecule has 1 rings (SSSR count). The zero-order valence-corrected chi connectivity index (χ0v) is 12.2. The minimum Gasteiger partial charge on any atom is -0.431 e. The van der Waals surface area contributed by atoms with E-state index in [0.717, 1.165) is 10.5 Å². The molecule has 2 nitrogen and oxygen atoms in total. The zero-order chi connectivity index (χ0) is 11.4. The summed E-state index contributed by atoms with van der Waals surface area (Å²) in [7, 11) is 8.56. The predicted molar refractivity (Wildman–Crippen MR) is 67.7 cm³/mol. The smallest absolute Gasteiger partial charge is 0.145 e. The molecule has 0 aliphatic heterocycles. The number of hydrogen-bond acceptors (Lipinski definition) is 2. The maximum absolute atomic E-state index is 4.39. The molecule has 0 N–H and O–H groups in total. The first-order valence-electron chi connectivity index (χ1n) is 4.57. The van der Waals surface area contributed by atoms with Crippen molar-refractivity contribution in [3.63, 3.8) is 0 Å². The molecular weight excluding hydrogens is 190 g/mol. The van der Waals surface area contributed by atoms with Gasteiger partial charge in [-0.2, -0.15) is 0 Å². The van der Waals surface area contributed by atoms with E-state index in [2.05, 4.69) is 23.5 Å². The molecule has 0 atom stereocenters. The molecule has 0 saturated heterocycles. The molecule has 0 unspecified atom stereocenters. The molecule has 0 bridgehead atoms. The Kier molecular flexibility index (Phi) is 14.0. The quantitative estimate of drug-likeness (QED) is 0.598. The Hall–Kier alpha value is -0.643. The second-order valence-electron chi connectivity index (χ2n) is 3.40. The van der Waals surface area contributed by atoms with Crippen LogP contribution in [0.2, 0.25) is 0 Å². The lowest BCUT2D eigenvalue weighted by Gasteiger charge is -1.90. The van der Waals surface area contributed by atoms with Gasteiger partial charge in [-0.15, -0.1) is 0 Å². The Bertz CT molecular complexity index is 187. The number of rotatable bonds is 0. The van der Waals surface area contributed by atoms with E-state index < -0.39 is 0 Å². The summed E-state index contributed by atoms with van der Waals surface area (Å²) in [6.45, 7) is 2.08. The van der Waals surface area contributed by atoms with Crippen LogP contribution in [0.4, 0.5) is 0 Å². The zero-order valence-electron chi connectivity index (χ0n) is 10.2. The Morgan fingerprint density at radius 1 is 1.07 bits per heavy atom. The van der Waals surface area contributed by atoms with Crippen LogP contribution in [0.5, 0.6) is 0 Å². The van der Waals surface area contributed by atoms with Crippen LogP contribution in [0.1, 0.15) is 5.56 Å². The van der Waals surface area contributed by atoms with Gasteiger partial charge in [0.2, 0.25) is 0 Å². The molecule has 3 heteroatoms. The topological polar surface area (TPSA) is 12.5 Å². The second kappa shape index (κ2) is 12.4. The molecular formula is C11H23NOSi. The molecule has 0 heterocycles. The van der Waals surface area contributed by atoms with Crippen molar-refractivity contribution in [1.29, 1.82) is 0 Å². The molecule has 1 aromatic carbocycles. The first kappa shape index (κ1) is 15.8. The Balaban J connectivity index is 0. The van der Waals surface area contributed by atoms with Crippen molar-refractivity contribution in [3.05, 3.63) is 35.9 Å². The van der Waals surface area contributed by atoms with Gasteiger partial charge in [0.1, 0.15) is 10.5 Å². The number of benzene rings is 1. The van der Waals surface area contributed by atoms with Gasteiger partial charge >= 0.3 is 0 Å². The monoisotopic (exact) mass is 213 g/mol. The normalized spacial score (nSPS) is 8.43. The van der Waals surface area contributed by atoms with Crippen molar-refractivity contribution in [2.24, 2.45) is 0 Å². The van der Waals surface area contributed by atoms with E-state index in [9.17, 15) is 0 Å². The largest absolute Gasteiger partial charge is 0.431 e. The SMILES string of the molecule is CN(C)C.CO[SiH3].Cc1ccccc1. The predicted octanol–water partition coefficient (Wildman–Crippen LogP) is 1.09. The molecule has 0 aliphatic rings. The average Bonchev–Trinajstić information content (AvgIpc) is 2.05. The van der Waals surface area contributed by atoms with Crippen LogP contribution in [0.25, 0.3) is 0 Å². The number of nitrogens with zero attached hydrogens (tertiary/aromatic N) is 1. The van der Waals surface area contributed by atoms with E-state index >= 15 is 0 Å². The summed E-state index contributed by atoms with van der Waals surface area (Å²) >= 11 is 0. The van der Waals surface area contributed by atoms with Crippen LogP contribution in [-0.2, 0) is 4.43 Å². The van der Waals surface area contributed by atoms with Crippen LogP contribution >= 0.6 is 0 Å². The lowest BCUT2D eigenvalue weighted by atomic mass is 10.2. The molecule has 82 valence electrons. The van der Waals surface area contributed by atoms with Gasteiger partial charge < -0.3 is 9.33 Å². The third-order valence-corrected chi connectivity index (χ3v) is 0.940. The summed E-state index contributed by atoms with van der Waals surface area (Å²) in [5.74, 6) is 0. The Morgan fingerprint density at radius 2 is 1.36 bits per heavy atom. The van der Waals surface area contributed by atoms with Crippen molar-refractivity contribution in [2.45, 2.75) is 6.92 Å².